The van der Waals surface area contributed by atoms with Crippen LogP contribution < -0.4 is 10.6 Å². The van der Waals surface area contributed by atoms with Gasteiger partial charge in [0.15, 0.2) is 0 Å². The lowest BCUT2D eigenvalue weighted by atomic mass is 10.0. The Bertz CT molecular complexity index is 300. The summed E-state index contributed by atoms with van der Waals surface area (Å²) in [5.41, 5.74) is 0. The molecule has 2 heterocycles. The highest BCUT2D eigenvalue weighted by Gasteiger charge is 2.31. The van der Waals surface area contributed by atoms with Gasteiger partial charge in [-0.1, -0.05) is 6.42 Å². The Morgan fingerprint density at radius 3 is 2.76 bits per heavy atom. The van der Waals surface area contributed by atoms with Crippen molar-refractivity contribution in [2.75, 3.05) is 19.6 Å². The fourth-order valence-electron chi connectivity index (χ4n) is 2.65. The summed E-state index contributed by atoms with van der Waals surface area (Å²) in [5.74, 6) is 0.192. The Hall–Kier alpha value is -1.10. The minimum atomic E-state index is -0.0138. The van der Waals surface area contributed by atoms with E-state index in [1.807, 2.05) is 4.90 Å². The van der Waals surface area contributed by atoms with Gasteiger partial charge in [0.1, 0.15) is 0 Å². The van der Waals surface area contributed by atoms with Crippen LogP contribution in [0.4, 0.5) is 0 Å². The average molecular weight is 239 g/mol. The molecule has 0 aliphatic carbocycles. The molecule has 2 fully saturated rings. The van der Waals surface area contributed by atoms with Crippen LogP contribution in [0.3, 0.4) is 0 Å². The van der Waals surface area contributed by atoms with Crippen molar-refractivity contribution in [3.8, 4) is 0 Å². The molecule has 0 saturated carbocycles. The second-order valence-electron chi connectivity index (χ2n) is 4.97. The van der Waals surface area contributed by atoms with Crippen LogP contribution in [0.5, 0.6) is 0 Å². The summed E-state index contributed by atoms with van der Waals surface area (Å²) in [6.45, 7) is 3.89. The van der Waals surface area contributed by atoms with Crippen molar-refractivity contribution in [1.29, 1.82) is 0 Å². The van der Waals surface area contributed by atoms with E-state index in [1.165, 1.54) is 6.92 Å². The van der Waals surface area contributed by atoms with E-state index in [9.17, 15) is 9.59 Å². The minimum absolute atomic E-state index is 0.000159. The maximum Gasteiger partial charge on any atom is 0.239 e. The quantitative estimate of drug-likeness (QED) is 0.705. The van der Waals surface area contributed by atoms with Crippen LogP contribution in [-0.4, -0.2) is 48.4 Å². The molecule has 0 aromatic carbocycles. The molecular formula is C12H21N3O2. The molecule has 2 amide bonds. The van der Waals surface area contributed by atoms with E-state index in [-0.39, 0.29) is 23.9 Å². The first kappa shape index (κ1) is 12.4. The van der Waals surface area contributed by atoms with Crippen molar-refractivity contribution in [3.05, 3.63) is 0 Å². The Balaban J connectivity index is 1.82. The molecule has 2 aliphatic rings. The third-order valence-corrected chi connectivity index (χ3v) is 3.52. The summed E-state index contributed by atoms with van der Waals surface area (Å²) in [7, 11) is 0. The maximum absolute atomic E-state index is 12.2. The summed E-state index contributed by atoms with van der Waals surface area (Å²) in [4.78, 5) is 25.0. The van der Waals surface area contributed by atoms with Gasteiger partial charge in [0.25, 0.3) is 0 Å². The molecule has 2 N–H and O–H groups in total. The number of rotatable bonds is 2. The highest BCUT2D eigenvalue weighted by molar-refractivity contribution is 5.82. The number of nitrogens with one attached hydrogen (secondary N) is 2. The molecule has 5 heteroatoms. The van der Waals surface area contributed by atoms with Crippen LogP contribution >= 0.6 is 0 Å². The van der Waals surface area contributed by atoms with E-state index < -0.39 is 0 Å². The normalized spacial score (nSPS) is 29.1. The minimum Gasteiger partial charge on any atom is -0.352 e. The van der Waals surface area contributed by atoms with Gasteiger partial charge in [-0.25, -0.2) is 0 Å². The molecule has 0 aromatic rings. The summed E-state index contributed by atoms with van der Waals surface area (Å²) < 4.78 is 0. The summed E-state index contributed by atoms with van der Waals surface area (Å²) >= 11 is 0. The molecule has 2 aliphatic heterocycles. The lowest BCUT2D eigenvalue weighted by Gasteiger charge is -2.27. The summed E-state index contributed by atoms with van der Waals surface area (Å²) in [5, 5.41) is 6.15. The Morgan fingerprint density at radius 1 is 1.29 bits per heavy atom. The zero-order valence-corrected chi connectivity index (χ0v) is 10.4. The highest BCUT2D eigenvalue weighted by atomic mass is 16.2. The Morgan fingerprint density at radius 2 is 2.12 bits per heavy atom. The number of nitrogens with zero attached hydrogens (tertiary/aromatic N) is 1. The van der Waals surface area contributed by atoms with Crippen LogP contribution in [0.15, 0.2) is 0 Å². The standard InChI is InChI=1S/C12H21N3O2/c1-9(16)14-10-5-7-15(8-10)12(17)11-4-2-3-6-13-11/h10-11,13H,2-8H2,1H3,(H,14,16)/t10?,11-/m1/s1. The van der Waals surface area contributed by atoms with E-state index in [1.54, 1.807) is 0 Å². The topological polar surface area (TPSA) is 61.4 Å². The number of hydrogen-bond donors (Lipinski definition) is 2. The van der Waals surface area contributed by atoms with Gasteiger partial charge in [0.05, 0.1) is 6.04 Å². The average Bonchev–Trinajstić information content (AvgIpc) is 2.77. The summed E-state index contributed by atoms with van der Waals surface area (Å²) in [6.07, 6.45) is 4.11. The molecule has 96 valence electrons. The molecule has 5 nitrogen and oxygen atoms in total. The van der Waals surface area contributed by atoms with E-state index >= 15 is 0 Å². The van der Waals surface area contributed by atoms with Gasteiger partial charge in [0, 0.05) is 26.1 Å². The van der Waals surface area contributed by atoms with Crippen molar-refractivity contribution >= 4 is 11.8 Å². The third-order valence-electron chi connectivity index (χ3n) is 3.52. The van der Waals surface area contributed by atoms with Crippen LogP contribution in [-0.2, 0) is 9.59 Å². The second kappa shape index (κ2) is 5.49. The van der Waals surface area contributed by atoms with Gasteiger partial charge in [-0.05, 0) is 25.8 Å². The fraction of sp³-hybridized carbons (Fsp3) is 0.833. The zero-order valence-electron chi connectivity index (χ0n) is 10.4. The van der Waals surface area contributed by atoms with E-state index in [0.717, 1.165) is 38.8 Å². The van der Waals surface area contributed by atoms with Crippen molar-refractivity contribution in [2.45, 2.75) is 44.7 Å². The van der Waals surface area contributed by atoms with E-state index in [2.05, 4.69) is 10.6 Å². The number of carbonyl (C=O) groups excluding carboxylic acids is 2. The second-order valence-corrected chi connectivity index (χ2v) is 4.97. The largest absolute Gasteiger partial charge is 0.352 e. The molecule has 0 radical (unpaired) electrons. The SMILES string of the molecule is CC(=O)NC1CCN(C(=O)[C@H]2CCCCN2)C1. The van der Waals surface area contributed by atoms with Crippen molar-refractivity contribution in [3.63, 3.8) is 0 Å². The van der Waals surface area contributed by atoms with Crippen molar-refractivity contribution in [1.82, 2.24) is 15.5 Å². The van der Waals surface area contributed by atoms with Gasteiger partial charge in [0.2, 0.25) is 11.8 Å². The van der Waals surface area contributed by atoms with Crippen molar-refractivity contribution < 1.29 is 9.59 Å². The Labute approximate surface area is 102 Å². The van der Waals surface area contributed by atoms with Gasteiger partial charge >= 0.3 is 0 Å². The van der Waals surface area contributed by atoms with Crippen LogP contribution in [0.25, 0.3) is 0 Å². The zero-order chi connectivity index (χ0) is 12.3. The molecule has 2 atom stereocenters. The smallest absolute Gasteiger partial charge is 0.239 e. The predicted octanol–water partition coefficient (Wildman–Crippen LogP) is -0.134. The molecule has 0 spiro atoms. The molecule has 2 saturated heterocycles. The van der Waals surface area contributed by atoms with Gasteiger partial charge in [-0.15, -0.1) is 0 Å². The summed E-state index contributed by atoms with van der Waals surface area (Å²) in [6, 6.07) is 0.139. The van der Waals surface area contributed by atoms with Crippen LogP contribution in [0.2, 0.25) is 0 Å². The first-order valence-corrected chi connectivity index (χ1v) is 6.46. The number of likely N-dealkylation sites (tertiary alicyclic amines) is 1. The van der Waals surface area contributed by atoms with E-state index in [0.29, 0.717) is 6.54 Å². The van der Waals surface area contributed by atoms with Gasteiger partial charge in [-0.3, -0.25) is 9.59 Å². The third kappa shape index (κ3) is 3.19. The van der Waals surface area contributed by atoms with Crippen LogP contribution in [0, 0.1) is 0 Å². The number of amides is 2. The number of hydrogen-bond acceptors (Lipinski definition) is 3. The number of carbonyl (C=O) groups is 2. The van der Waals surface area contributed by atoms with E-state index in [4.69, 9.17) is 0 Å². The van der Waals surface area contributed by atoms with Gasteiger partial charge in [-0.2, -0.15) is 0 Å². The lowest BCUT2D eigenvalue weighted by molar-refractivity contribution is -0.133. The number of piperidine rings is 1. The molecule has 2 rings (SSSR count). The molecule has 1 unspecified atom stereocenters. The monoisotopic (exact) mass is 239 g/mol. The first-order chi connectivity index (χ1) is 8.16. The predicted molar refractivity (Wildman–Crippen MR) is 64.4 cm³/mol. The highest BCUT2D eigenvalue weighted by Crippen LogP contribution is 2.15. The van der Waals surface area contributed by atoms with Crippen molar-refractivity contribution in [2.24, 2.45) is 0 Å². The molecule has 17 heavy (non-hydrogen) atoms. The van der Waals surface area contributed by atoms with Crippen LogP contribution in [0.1, 0.15) is 32.6 Å². The first-order valence-electron chi connectivity index (χ1n) is 6.46. The molecule has 0 aromatic heterocycles. The molecular weight excluding hydrogens is 218 g/mol. The van der Waals surface area contributed by atoms with Gasteiger partial charge < -0.3 is 15.5 Å². The Kier molecular flexibility index (Phi) is 3.99. The fourth-order valence-corrected chi connectivity index (χ4v) is 2.65. The molecule has 0 bridgehead atoms. The maximum atomic E-state index is 12.2. The lowest BCUT2D eigenvalue weighted by Crippen LogP contribution is -2.48.